The van der Waals surface area contributed by atoms with Gasteiger partial charge in [-0.15, -0.1) is 0 Å². The number of benzene rings is 1. The number of nitrogens with zero attached hydrogens (tertiary/aromatic N) is 1. The Bertz CT molecular complexity index is 460. The SMILES string of the molecule is CCC[C@@H](NC(=O)N(C)c1cccc(C)c1)C(=O)O. The van der Waals surface area contributed by atoms with Gasteiger partial charge in [0.15, 0.2) is 0 Å². The van der Waals surface area contributed by atoms with E-state index in [1.165, 1.54) is 4.90 Å². The van der Waals surface area contributed by atoms with Crippen molar-refractivity contribution in [3.8, 4) is 0 Å². The lowest BCUT2D eigenvalue weighted by Gasteiger charge is -2.21. The van der Waals surface area contributed by atoms with Gasteiger partial charge in [0.2, 0.25) is 0 Å². The first kappa shape index (κ1) is 15.0. The van der Waals surface area contributed by atoms with Crippen LogP contribution in [-0.4, -0.2) is 30.2 Å². The number of carboxylic acid groups (broad SMARTS) is 1. The van der Waals surface area contributed by atoms with Crippen LogP contribution < -0.4 is 10.2 Å². The molecule has 0 radical (unpaired) electrons. The Morgan fingerprint density at radius 1 is 1.42 bits per heavy atom. The van der Waals surface area contributed by atoms with Crippen LogP contribution in [0.2, 0.25) is 0 Å². The lowest BCUT2D eigenvalue weighted by molar-refractivity contribution is -0.139. The second-order valence-electron chi connectivity index (χ2n) is 4.53. The Balaban J connectivity index is 2.74. The van der Waals surface area contributed by atoms with Gasteiger partial charge in [-0.05, 0) is 31.0 Å². The Morgan fingerprint density at radius 2 is 2.11 bits per heavy atom. The average molecular weight is 264 g/mol. The highest BCUT2D eigenvalue weighted by molar-refractivity contribution is 5.94. The zero-order valence-corrected chi connectivity index (χ0v) is 11.5. The summed E-state index contributed by atoms with van der Waals surface area (Å²) in [6, 6.07) is 6.22. The number of carbonyl (C=O) groups is 2. The quantitative estimate of drug-likeness (QED) is 0.858. The lowest BCUT2D eigenvalue weighted by Crippen LogP contribution is -2.46. The maximum Gasteiger partial charge on any atom is 0.326 e. The number of carbonyl (C=O) groups excluding carboxylic acids is 1. The molecule has 0 heterocycles. The Hall–Kier alpha value is -2.04. The fourth-order valence-electron chi connectivity index (χ4n) is 1.75. The molecule has 0 fully saturated rings. The minimum atomic E-state index is -1.01. The van der Waals surface area contributed by atoms with E-state index < -0.39 is 18.0 Å². The molecular formula is C14H20N2O3. The van der Waals surface area contributed by atoms with Crippen LogP contribution in [0.25, 0.3) is 0 Å². The van der Waals surface area contributed by atoms with Crippen LogP contribution >= 0.6 is 0 Å². The van der Waals surface area contributed by atoms with E-state index in [9.17, 15) is 9.59 Å². The number of carboxylic acids is 1. The summed E-state index contributed by atoms with van der Waals surface area (Å²) in [5, 5.41) is 11.5. The van der Waals surface area contributed by atoms with Gasteiger partial charge in [-0.25, -0.2) is 9.59 Å². The number of aryl methyl sites for hydroxylation is 1. The predicted molar refractivity (Wildman–Crippen MR) is 74.4 cm³/mol. The highest BCUT2D eigenvalue weighted by atomic mass is 16.4. The topological polar surface area (TPSA) is 69.6 Å². The fraction of sp³-hybridized carbons (Fsp3) is 0.429. The molecule has 5 heteroatoms. The largest absolute Gasteiger partial charge is 0.480 e. The Kier molecular flexibility index (Phi) is 5.36. The van der Waals surface area contributed by atoms with E-state index in [-0.39, 0.29) is 0 Å². The number of anilines is 1. The van der Waals surface area contributed by atoms with Gasteiger partial charge in [-0.1, -0.05) is 25.5 Å². The molecular weight excluding hydrogens is 244 g/mol. The van der Waals surface area contributed by atoms with Gasteiger partial charge in [0.25, 0.3) is 0 Å². The number of hydrogen-bond donors (Lipinski definition) is 2. The van der Waals surface area contributed by atoms with Gasteiger partial charge in [-0.2, -0.15) is 0 Å². The van der Waals surface area contributed by atoms with Gasteiger partial charge < -0.3 is 10.4 Å². The van der Waals surface area contributed by atoms with Gasteiger partial charge >= 0.3 is 12.0 Å². The first-order valence-corrected chi connectivity index (χ1v) is 6.29. The van der Waals surface area contributed by atoms with Crippen molar-refractivity contribution >= 4 is 17.7 Å². The average Bonchev–Trinajstić information content (AvgIpc) is 2.37. The van der Waals surface area contributed by atoms with Crippen molar-refractivity contribution in [2.45, 2.75) is 32.7 Å². The molecule has 0 aromatic heterocycles. The summed E-state index contributed by atoms with van der Waals surface area (Å²) in [6.07, 6.45) is 1.12. The molecule has 2 amide bonds. The highest BCUT2D eigenvalue weighted by Gasteiger charge is 2.21. The summed E-state index contributed by atoms with van der Waals surface area (Å²) in [5.41, 5.74) is 1.78. The molecule has 0 saturated carbocycles. The summed E-state index contributed by atoms with van der Waals surface area (Å²) >= 11 is 0. The van der Waals surface area contributed by atoms with Crippen LogP contribution in [0.5, 0.6) is 0 Å². The first-order valence-electron chi connectivity index (χ1n) is 6.29. The van der Waals surface area contributed by atoms with Crippen molar-refractivity contribution in [2.75, 3.05) is 11.9 Å². The summed E-state index contributed by atoms with van der Waals surface area (Å²) in [5.74, 6) is -1.01. The number of aliphatic carboxylic acids is 1. The molecule has 0 bridgehead atoms. The van der Waals surface area contributed by atoms with E-state index in [0.29, 0.717) is 12.8 Å². The van der Waals surface area contributed by atoms with Gasteiger partial charge in [0.05, 0.1) is 0 Å². The molecule has 1 aromatic carbocycles. The molecule has 1 aromatic rings. The van der Waals surface area contributed by atoms with E-state index in [0.717, 1.165) is 11.3 Å². The molecule has 1 atom stereocenters. The van der Waals surface area contributed by atoms with E-state index in [2.05, 4.69) is 5.32 Å². The summed E-state index contributed by atoms with van der Waals surface area (Å²) in [4.78, 5) is 24.4. The molecule has 0 aliphatic rings. The van der Waals surface area contributed by atoms with Crippen molar-refractivity contribution in [1.29, 1.82) is 0 Å². The highest BCUT2D eigenvalue weighted by Crippen LogP contribution is 2.14. The molecule has 0 unspecified atom stereocenters. The van der Waals surface area contributed by atoms with Crippen molar-refractivity contribution in [3.63, 3.8) is 0 Å². The monoisotopic (exact) mass is 264 g/mol. The molecule has 1 rings (SSSR count). The third-order valence-electron chi connectivity index (χ3n) is 2.87. The van der Waals surface area contributed by atoms with Crippen molar-refractivity contribution in [2.24, 2.45) is 0 Å². The van der Waals surface area contributed by atoms with E-state index in [4.69, 9.17) is 5.11 Å². The Morgan fingerprint density at radius 3 is 2.63 bits per heavy atom. The van der Waals surface area contributed by atoms with Crippen LogP contribution in [0.15, 0.2) is 24.3 Å². The van der Waals surface area contributed by atoms with Crippen molar-refractivity contribution < 1.29 is 14.7 Å². The van der Waals surface area contributed by atoms with Gasteiger partial charge in [0, 0.05) is 12.7 Å². The minimum absolute atomic E-state index is 0.411. The number of nitrogens with one attached hydrogen (secondary N) is 1. The fourth-order valence-corrected chi connectivity index (χ4v) is 1.75. The van der Waals surface area contributed by atoms with Crippen LogP contribution in [0.1, 0.15) is 25.3 Å². The molecule has 0 aliphatic carbocycles. The summed E-state index contributed by atoms with van der Waals surface area (Å²) in [6.45, 7) is 3.82. The summed E-state index contributed by atoms with van der Waals surface area (Å²) in [7, 11) is 1.62. The normalized spacial score (nSPS) is 11.7. The van der Waals surface area contributed by atoms with Gasteiger partial charge in [0.1, 0.15) is 6.04 Å². The van der Waals surface area contributed by atoms with Crippen LogP contribution in [0.3, 0.4) is 0 Å². The van der Waals surface area contributed by atoms with Crippen molar-refractivity contribution in [3.05, 3.63) is 29.8 Å². The van der Waals surface area contributed by atoms with Crippen LogP contribution in [0.4, 0.5) is 10.5 Å². The van der Waals surface area contributed by atoms with E-state index >= 15 is 0 Å². The summed E-state index contributed by atoms with van der Waals surface area (Å²) < 4.78 is 0. The molecule has 2 N–H and O–H groups in total. The zero-order valence-electron chi connectivity index (χ0n) is 11.5. The predicted octanol–water partition coefficient (Wildman–Crippen LogP) is 2.39. The van der Waals surface area contributed by atoms with Gasteiger partial charge in [-0.3, -0.25) is 4.90 Å². The second kappa shape index (κ2) is 6.78. The first-order chi connectivity index (χ1) is 8.95. The number of urea groups is 1. The molecule has 19 heavy (non-hydrogen) atoms. The Labute approximate surface area is 113 Å². The molecule has 0 saturated heterocycles. The van der Waals surface area contributed by atoms with E-state index in [1.54, 1.807) is 7.05 Å². The van der Waals surface area contributed by atoms with Crippen molar-refractivity contribution in [1.82, 2.24) is 5.32 Å². The van der Waals surface area contributed by atoms with E-state index in [1.807, 2.05) is 38.1 Å². The number of amides is 2. The standard InChI is InChI=1S/C14H20N2O3/c1-4-6-12(13(17)18)15-14(19)16(3)11-8-5-7-10(2)9-11/h5,7-9,12H,4,6H2,1-3H3,(H,15,19)(H,17,18)/t12-/m1/s1. The smallest absolute Gasteiger partial charge is 0.326 e. The molecule has 5 nitrogen and oxygen atoms in total. The third-order valence-corrected chi connectivity index (χ3v) is 2.87. The molecule has 0 spiro atoms. The third kappa shape index (κ3) is 4.28. The second-order valence-corrected chi connectivity index (χ2v) is 4.53. The number of rotatable bonds is 5. The molecule has 104 valence electrons. The number of hydrogen-bond acceptors (Lipinski definition) is 2. The maximum atomic E-state index is 12.0. The van der Waals surface area contributed by atoms with Crippen LogP contribution in [-0.2, 0) is 4.79 Å². The lowest BCUT2D eigenvalue weighted by atomic mass is 10.2. The van der Waals surface area contributed by atoms with Crippen LogP contribution in [0, 0.1) is 6.92 Å². The minimum Gasteiger partial charge on any atom is -0.480 e. The molecule has 0 aliphatic heterocycles. The zero-order chi connectivity index (χ0) is 14.4. The maximum absolute atomic E-state index is 12.0.